The minimum absolute atomic E-state index is 0.0886. The third-order valence-corrected chi connectivity index (χ3v) is 4.98. The van der Waals surface area contributed by atoms with Crippen molar-refractivity contribution in [3.63, 3.8) is 0 Å². The van der Waals surface area contributed by atoms with E-state index in [9.17, 15) is 4.79 Å². The SMILES string of the molecule is C[C@H](Nc1nc(N)nc2[nH]ncc12)c1nc2cccc(Cl)c2c(=O)n1-c1ccn[nH]1. The molecule has 0 aliphatic heterocycles. The highest BCUT2D eigenvalue weighted by Crippen LogP contribution is 2.26. The molecule has 12 heteroatoms. The van der Waals surface area contributed by atoms with E-state index in [1.54, 1.807) is 36.7 Å². The molecule has 0 saturated carbocycles. The predicted octanol–water partition coefficient (Wildman–Crippen LogP) is 2.18. The van der Waals surface area contributed by atoms with Gasteiger partial charge in [0.15, 0.2) is 5.65 Å². The van der Waals surface area contributed by atoms with Crippen molar-refractivity contribution >= 4 is 45.3 Å². The quantitative estimate of drug-likeness (QED) is 0.343. The first kappa shape index (κ1) is 18.1. The van der Waals surface area contributed by atoms with Crippen LogP contribution in [0, 0.1) is 0 Å². The molecule has 4 aromatic heterocycles. The Balaban J connectivity index is 1.70. The number of fused-ring (bicyclic) bond motifs is 2. The van der Waals surface area contributed by atoms with Gasteiger partial charge in [-0.2, -0.15) is 20.2 Å². The van der Waals surface area contributed by atoms with Crippen molar-refractivity contribution in [2.75, 3.05) is 11.1 Å². The molecule has 0 amide bonds. The topological polar surface area (TPSA) is 156 Å². The number of aromatic nitrogens is 8. The highest BCUT2D eigenvalue weighted by atomic mass is 35.5. The molecule has 0 fully saturated rings. The van der Waals surface area contributed by atoms with Crippen molar-refractivity contribution in [3.05, 3.63) is 57.9 Å². The Morgan fingerprint density at radius 3 is 2.83 bits per heavy atom. The van der Waals surface area contributed by atoms with Crippen LogP contribution in [0.1, 0.15) is 18.8 Å². The maximum Gasteiger partial charge on any atom is 0.268 e. The van der Waals surface area contributed by atoms with E-state index in [-0.39, 0.29) is 11.5 Å². The van der Waals surface area contributed by atoms with E-state index in [1.165, 1.54) is 4.57 Å². The number of aromatic amines is 2. The number of benzene rings is 1. The van der Waals surface area contributed by atoms with Gasteiger partial charge in [-0.3, -0.25) is 15.0 Å². The molecule has 0 spiro atoms. The Morgan fingerprint density at radius 2 is 2.03 bits per heavy atom. The van der Waals surface area contributed by atoms with Gasteiger partial charge < -0.3 is 11.1 Å². The number of nitrogens with one attached hydrogen (secondary N) is 3. The van der Waals surface area contributed by atoms with Crippen LogP contribution >= 0.6 is 11.6 Å². The number of nitrogens with two attached hydrogens (primary N) is 1. The fraction of sp³-hybridized carbons (Fsp3) is 0.111. The largest absolute Gasteiger partial charge is 0.368 e. The fourth-order valence-corrected chi connectivity index (χ4v) is 3.59. The van der Waals surface area contributed by atoms with Crippen LogP contribution in [0.5, 0.6) is 0 Å². The average Bonchev–Trinajstić information content (AvgIpc) is 3.39. The molecular formula is C18H15ClN10O. The fourth-order valence-electron chi connectivity index (χ4n) is 3.34. The van der Waals surface area contributed by atoms with Crippen molar-refractivity contribution in [3.8, 4) is 5.82 Å². The van der Waals surface area contributed by atoms with Gasteiger partial charge in [0, 0.05) is 6.07 Å². The lowest BCUT2D eigenvalue weighted by molar-refractivity contribution is 0.720. The smallest absolute Gasteiger partial charge is 0.268 e. The van der Waals surface area contributed by atoms with Gasteiger partial charge in [0.25, 0.3) is 5.56 Å². The third-order valence-electron chi connectivity index (χ3n) is 4.67. The van der Waals surface area contributed by atoms with Crippen LogP contribution in [-0.4, -0.2) is 39.9 Å². The van der Waals surface area contributed by atoms with Gasteiger partial charge in [-0.25, -0.2) is 9.55 Å². The van der Waals surface area contributed by atoms with E-state index >= 15 is 0 Å². The maximum atomic E-state index is 13.4. The molecule has 0 bridgehead atoms. The van der Waals surface area contributed by atoms with E-state index < -0.39 is 6.04 Å². The summed E-state index contributed by atoms with van der Waals surface area (Å²) in [5, 5.41) is 18.1. The lowest BCUT2D eigenvalue weighted by Crippen LogP contribution is -2.28. The van der Waals surface area contributed by atoms with Gasteiger partial charge in [-0.15, -0.1) is 0 Å². The summed E-state index contributed by atoms with van der Waals surface area (Å²) in [4.78, 5) is 26.4. The number of nitrogen functional groups attached to an aromatic ring is 1. The Kier molecular flexibility index (Phi) is 4.10. The van der Waals surface area contributed by atoms with Crippen LogP contribution in [0.3, 0.4) is 0 Å². The van der Waals surface area contributed by atoms with Gasteiger partial charge in [0.1, 0.15) is 17.5 Å². The number of hydrogen-bond acceptors (Lipinski definition) is 8. The lowest BCUT2D eigenvalue weighted by Gasteiger charge is -2.19. The van der Waals surface area contributed by atoms with Crippen molar-refractivity contribution in [2.24, 2.45) is 0 Å². The summed E-state index contributed by atoms with van der Waals surface area (Å²) in [6.07, 6.45) is 3.15. The molecule has 0 aliphatic carbocycles. The zero-order valence-corrected chi connectivity index (χ0v) is 16.3. The lowest BCUT2D eigenvalue weighted by atomic mass is 10.2. The van der Waals surface area contributed by atoms with Crippen molar-refractivity contribution in [2.45, 2.75) is 13.0 Å². The first-order valence-corrected chi connectivity index (χ1v) is 9.35. The zero-order chi connectivity index (χ0) is 20.8. The van der Waals surface area contributed by atoms with Gasteiger partial charge in [0.05, 0.1) is 39.7 Å². The number of halogens is 1. The van der Waals surface area contributed by atoms with Gasteiger partial charge in [-0.05, 0) is 19.1 Å². The summed E-state index contributed by atoms with van der Waals surface area (Å²) in [5.74, 6) is 1.46. The Labute approximate surface area is 173 Å². The van der Waals surface area contributed by atoms with E-state index in [2.05, 4.69) is 35.7 Å². The summed E-state index contributed by atoms with van der Waals surface area (Å²) in [5.41, 5.74) is 6.49. The van der Waals surface area contributed by atoms with Gasteiger partial charge in [0.2, 0.25) is 5.95 Å². The monoisotopic (exact) mass is 422 g/mol. The van der Waals surface area contributed by atoms with Crippen molar-refractivity contribution in [1.82, 2.24) is 39.9 Å². The molecule has 1 aromatic carbocycles. The highest BCUT2D eigenvalue weighted by molar-refractivity contribution is 6.35. The number of nitrogens with zero attached hydrogens (tertiary/aromatic N) is 6. The van der Waals surface area contributed by atoms with Crippen LogP contribution < -0.4 is 16.6 Å². The van der Waals surface area contributed by atoms with Crippen molar-refractivity contribution in [1.29, 1.82) is 0 Å². The summed E-state index contributed by atoms with van der Waals surface area (Å²) in [6, 6.07) is 6.38. The Bertz CT molecular complexity index is 1440. The van der Waals surface area contributed by atoms with E-state index in [1.807, 2.05) is 6.92 Å². The normalized spacial score (nSPS) is 12.5. The predicted molar refractivity (Wildman–Crippen MR) is 113 cm³/mol. The Morgan fingerprint density at radius 1 is 1.17 bits per heavy atom. The first-order chi connectivity index (χ1) is 14.5. The minimum atomic E-state index is -0.447. The minimum Gasteiger partial charge on any atom is -0.368 e. The highest BCUT2D eigenvalue weighted by Gasteiger charge is 2.21. The summed E-state index contributed by atoms with van der Waals surface area (Å²) in [7, 11) is 0. The van der Waals surface area contributed by atoms with Gasteiger partial charge >= 0.3 is 0 Å². The molecule has 0 unspecified atom stereocenters. The molecule has 150 valence electrons. The van der Waals surface area contributed by atoms with Crippen LogP contribution in [0.2, 0.25) is 5.02 Å². The molecule has 5 N–H and O–H groups in total. The van der Waals surface area contributed by atoms with Crippen molar-refractivity contribution < 1.29 is 0 Å². The van der Waals surface area contributed by atoms with Crippen LogP contribution in [0.25, 0.3) is 27.8 Å². The Hall–Kier alpha value is -3.99. The third kappa shape index (κ3) is 2.83. The molecule has 11 nitrogen and oxygen atoms in total. The number of hydrogen-bond donors (Lipinski definition) is 4. The second-order valence-electron chi connectivity index (χ2n) is 6.62. The summed E-state index contributed by atoms with van der Waals surface area (Å²) < 4.78 is 1.44. The maximum absolute atomic E-state index is 13.4. The zero-order valence-electron chi connectivity index (χ0n) is 15.6. The molecule has 30 heavy (non-hydrogen) atoms. The second kappa shape index (κ2) is 6.81. The molecule has 4 heterocycles. The van der Waals surface area contributed by atoms with Gasteiger partial charge in [-0.1, -0.05) is 17.7 Å². The molecule has 1 atom stereocenters. The first-order valence-electron chi connectivity index (χ1n) is 8.97. The average molecular weight is 423 g/mol. The number of H-pyrrole nitrogens is 2. The molecule has 5 rings (SSSR count). The van der Waals surface area contributed by atoms with E-state index in [0.717, 1.165) is 0 Å². The molecule has 5 aromatic rings. The molecule has 0 aliphatic rings. The molecule has 0 radical (unpaired) electrons. The number of rotatable bonds is 4. The second-order valence-corrected chi connectivity index (χ2v) is 7.02. The number of anilines is 2. The standard InChI is InChI=1S/C18H15ClN10O/c1-8(23-14-9-7-22-28-15(9)26-18(20)25-14)16-24-11-4-2-3-10(19)13(11)17(30)29(16)12-5-6-21-27-12/h2-8H,1H3,(H,21,27)(H4,20,22,23,25,26,28)/t8-/m0/s1. The van der Waals surface area contributed by atoms with E-state index in [0.29, 0.717) is 44.4 Å². The summed E-state index contributed by atoms with van der Waals surface area (Å²) >= 11 is 6.29. The molecule has 0 saturated heterocycles. The molecular weight excluding hydrogens is 408 g/mol. The van der Waals surface area contributed by atoms with Crippen LogP contribution in [0.15, 0.2) is 41.5 Å². The van der Waals surface area contributed by atoms with E-state index in [4.69, 9.17) is 22.3 Å². The van der Waals surface area contributed by atoms with Crippen LogP contribution in [-0.2, 0) is 0 Å². The summed E-state index contributed by atoms with van der Waals surface area (Å²) in [6.45, 7) is 1.86. The van der Waals surface area contributed by atoms with Crippen LogP contribution in [0.4, 0.5) is 11.8 Å².